The molecule has 3 rings (SSSR count). The molecule has 6 nitrogen and oxygen atoms in total. The molecule has 0 aliphatic carbocycles. The second-order valence-electron chi connectivity index (χ2n) is 7.54. The fourth-order valence-corrected chi connectivity index (χ4v) is 5.64. The lowest BCUT2D eigenvalue weighted by Gasteiger charge is -2.37. The van der Waals surface area contributed by atoms with Crippen LogP contribution >= 0.6 is 0 Å². The van der Waals surface area contributed by atoms with Crippen LogP contribution in [0.5, 0.6) is 0 Å². The predicted octanol–water partition coefficient (Wildman–Crippen LogP) is 1.86. The minimum Gasteiger partial charge on any atom is -0.373 e. The van der Waals surface area contributed by atoms with Crippen LogP contribution in [0.15, 0.2) is 24.3 Å². The summed E-state index contributed by atoms with van der Waals surface area (Å²) < 4.78 is 35.1. The largest absolute Gasteiger partial charge is 0.373 e. The molecule has 2 heterocycles. The topological polar surface area (TPSA) is 53.1 Å². The van der Waals surface area contributed by atoms with E-state index in [4.69, 9.17) is 4.74 Å². The van der Waals surface area contributed by atoms with Crippen LogP contribution in [0.25, 0.3) is 0 Å². The second kappa shape index (κ2) is 8.35. The summed E-state index contributed by atoms with van der Waals surface area (Å²) in [5.41, 5.74) is 2.61. The first-order chi connectivity index (χ1) is 12.4. The van der Waals surface area contributed by atoms with Crippen molar-refractivity contribution in [3.8, 4) is 0 Å². The molecule has 1 aromatic rings. The fourth-order valence-electron chi connectivity index (χ4n) is 3.85. The number of hydrogen-bond donors (Lipinski definition) is 0. The highest BCUT2D eigenvalue weighted by Crippen LogP contribution is 2.20. The first-order valence-corrected chi connectivity index (χ1v) is 10.9. The van der Waals surface area contributed by atoms with E-state index < -0.39 is 10.2 Å². The van der Waals surface area contributed by atoms with Gasteiger partial charge in [0.25, 0.3) is 10.2 Å². The molecule has 2 fully saturated rings. The third-order valence-electron chi connectivity index (χ3n) is 5.24. The van der Waals surface area contributed by atoms with Gasteiger partial charge >= 0.3 is 0 Å². The van der Waals surface area contributed by atoms with Gasteiger partial charge in [0.1, 0.15) is 0 Å². The van der Waals surface area contributed by atoms with Gasteiger partial charge in [0.2, 0.25) is 0 Å². The van der Waals surface area contributed by atoms with Crippen molar-refractivity contribution in [1.29, 1.82) is 0 Å². The third kappa shape index (κ3) is 4.64. The zero-order valence-corrected chi connectivity index (χ0v) is 16.9. The monoisotopic (exact) mass is 381 g/mol. The van der Waals surface area contributed by atoms with Crippen LogP contribution in [0, 0.1) is 6.92 Å². The number of nitrogens with zero attached hydrogens (tertiary/aromatic N) is 3. The molecule has 7 heteroatoms. The normalized spacial score (nSPS) is 27.3. The summed E-state index contributed by atoms with van der Waals surface area (Å²) in [6.07, 6.45) is 0.747. The van der Waals surface area contributed by atoms with E-state index in [1.807, 2.05) is 13.8 Å². The van der Waals surface area contributed by atoms with Crippen LogP contribution in [0.1, 0.15) is 31.4 Å². The maximum absolute atomic E-state index is 13.1. The Bertz CT molecular complexity index is 700. The van der Waals surface area contributed by atoms with E-state index in [1.54, 1.807) is 8.61 Å². The van der Waals surface area contributed by atoms with E-state index in [-0.39, 0.29) is 12.2 Å². The average molecular weight is 382 g/mol. The lowest BCUT2D eigenvalue weighted by Crippen LogP contribution is -2.53. The highest BCUT2D eigenvalue weighted by Gasteiger charge is 2.35. The summed E-state index contributed by atoms with van der Waals surface area (Å²) in [5.74, 6) is 0. The van der Waals surface area contributed by atoms with Gasteiger partial charge in [-0.05, 0) is 44.9 Å². The van der Waals surface area contributed by atoms with Crippen molar-refractivity contribution in [2.24, 2.45) is 0 Å². The molecule has 0 aromatic heterocycles. The van der Waals surface area contributed by atoms with Gasteiger partial charge in [0.05, 0.1) is 12.2 Å². The Morgan fingerprint density at radius 1 is 1.00 bits per heavy atom. The van der Waals surface area contributed by atoms with Crippen molar-refractivity contribution in [1.82, 2.24) is 13.5 Å². The Morgan fingerprint density at radius 3 is 2.38 bits per heavy atom. The van der Waals surface area contributed by atoms with Crippen LogP contribution in [0.3, 0.4) is 0 Å². The van der Waals surface area contributed by atoms with Gasteiger partial charge in [-0.15, -0.1) is 0 Å². The first kappa shape index (κ1) is 19.8. The highest BCUT2D eigenvalue weighted by atomic mass is 32.2. The minimum absolute atomic E-state index is 0.0574. The average Bonchev–Trinajstić information content (AvgIpc) is 2.82. The van der Waals surface area contributed by atoms with E-state index >= 15 is 0 Å². The molecule has 0 saturated carbocycles. The lowest BCUT2D eigenvalue weighted by molar-refractivity contribution is -0.0454. The number of morpholine rings is 1. The van der Waals surface area contributed by atoms with Crippen molar-refractivity contribution in [2.45, 2.75) is 45.9 Å². The summed E-state index contributed by atoms with van der Waals surface area (Å²) in [5, 5.41) is 0. The lowest BCUT2D eigenvalue weighted by atomic mass is 10.1. The molecule has 1 aromatic carbocycles. The van der Waals surface area contributed by atoms with Crippen LogP contribution < -0.4 is 0 Å². The SMILES string of the molecule is Cc1ccccc1CN1CCCN(S(=O)(=O)N2CC(C)OC(C)C2)CC1. The molecule has 0 radical (unpaired) electrons. The Kier molecular flexibility index (Phi) is 6.35. The quantitative estimate of drug-likeness (QED) is 0.799. The molecule has 2 atom stereocenters. The molecular weight excluding hydrogens is 350 g/mol. The molecule has 0 N–H and O–H groups in total. The van der Waals surface area contributed by atoms with Crippen molar-refractivity contribution >= 4 is 10.2 Å². The van der Waals surface area contributed by atoms with Gasteiger partial charge < -0.3 is 4.74 Å². The third-order valence-corrected chi connectivity index (χ3v) is 7.21. The maximum Gasteiger partial charge on any atom is 0.282 e. The van der Waals surface area contributed by atoms with Gasteiger partial charge in [0, 0.05) is 39.3 Å². The number of benzene rings is 1. The number of aryl methyl sites for hydroxylation is 1. The first-order valence-electron chi connectivity index (χ1n) is 9.54. The highest BCUT2D eigenvalue weighted by molar-refractivity contribution is 7.86. The minimum atomic E-state index is -3.42. The van der Waals surface area contributed by atoms with Crippen molar-refractivity contribution in [2.75, 3.05) is 39.3 Å². The van der Waals surface area contributed by atoms with Gasteiger partial charge in [-0.2, -0.15) is 17.0 Å². The Morgan fingerprint density at radius 2 is 1.69 bits per heavy atom. The Hall–Kier alpha value is -0.990. The molecule has 0 spiro atoms. The van der Waals surface area contributed by atoms with Crippen molar-refractivity contribution in [3.63, 3.8) is 0 Å². The molecule has 2 saturated heterocycles. The zero-order chi connectivity index (χ0) is 18.7. The van der Waals surface area contributed by atoms with E-state index in [2.05, 4.69) is 36.1 Å². The molecule has 0 bridgehead atoms. The number of rotatable bonds is 4. The number of hydrogen-bond acceptors (Lipinski definition) is 4. The molecule has 0 amide bonds. The standard InChI is InChI=1S/C19H31N3O3S/c1-16-7-4-5-8-19(16)15-20-9-6-10-21(12-11-20)26(23,24)22-13-17(2)25-18(3)14-22/h4-5,7-8,17-18H,6,9-15H2,1-3H3. The van der Waals surface area contributed by atoms with Gasteiger partial charge in [-0.1, -0.05) is 24.3 Å². The zero-order valence-electron chi connectivity index (χ0n) is 16.1. The summed E-state index contributed by atoms with van der Waals surface area (Å²) >= 11 is 0. The predicted molar refractivity (Wildman–Crippen MR) is 103 cm³/mol. The molecule has 2 unspecified atom stereocenters. The maximum atomic E-state index is 13.1. The number of ether oxygens (including phenoxy) is 1. The van der Waals surface area contributed by atoms with Gasteiger partial charge in [-0.25, -0.2) is 0 Å². The molecule has 26 heavy (non-hydrogen) atoms. The fraction of sp³-hybridized carbons (Fsp3) is 0.684. The molecular formula is C19H31N3O3S. The summed E-state index contributed by atoms with van der Waals surface area (Å²) in [7, 11) is -3.42. The summed E-state index contributed by atoms with van der Waals surface area (Å²) in [6.45, 7) is 10.6. The van der Waals surface area contributed by atoms with Crippen LogP contribution in [-0.2, 0) is 21.5 Å². The van der Waals surface area contributed by atoms with Crippen LogP contribution in [-0.4, -0.2) is 73.4 Å². The van der Waals surface area contributed by atoms with E-state index in [1.165, 1.54) is 11.1 Å². The van der Waals surface area contributed by atoms with Gasteiger partial charge in [-0.3, -0.25) is 4.90 Å². The summed E-state index contributed by atoms with van der Waals surface area (Å²) in [6, 6.07) is 8.41. The molecule has 2 aliphatic rings. The summed E-state index contributed by atoms with van der Waals surface area (Å²) in [4.78, 5) is 2.36. The van der Waals surface area contributed by atoms with Crippen molar-refractivity contribution in [3.05, 3.63) is 35.4 Å². The molecule has 146 valence electrons. The van der Waals surface area contributed by atoms with Crippen molar-refractivity contribution < 1.29 is 13.2 Å². The van der Waals surface area contributed by atoms with E-state index in [0.717, 1.165) is 26.1 Å². The van der Waals surface area contributed by atoms with Crippen LogP contribution in [0.2, 0.25) is 0 Å². The second-order valence-corrected chi connectivity index (χ2v) is 9.47. The van der Waals surface area contributed by atoms with E-state index in [9.17, 15) is 8.42 Å². The van der Waals surface area contributed by atoms with Gasteiger partial charge in [0.15, 0.2) is 0 Å². The Labute approximate surface area is 157 Å². The van der Waals surface area contributed by atoms with Crippen LogP contribution in [0.4, 0.5) is 0 Å². The Balaban J connectivity index is 1.63. The molecule has 2 aliphatic heterocycles. The van der Waals surface area contributed by atoms with E-state index in [0.29, 0.717) is 26.2 Å². The smallest absolute Gasteiger partial charge is 0.282 e.